The Labute approximate surface area is 204 Å². The summed E-state index contributed by atoms with van der Waals surface area (Å²) >= 11 is 0. The predicted octanol–water partition coefficient (Wildman–Crippen LogP) is 1.90. The first-order valence-electron chi connectivity index (χ1n) is 11.1. The van der Waals surface area contributed by atoms with Crippen LogP contribution in [0.15, 0.2) is 53.7 Å². The molecule has 1 fully saturated rings. The van der Waals surface area contributed by atoms with Gasteiger partial charge in [0.25, 0.3) is 15.9 Å². The number of nitrogens with zero attached hydrogens (tertiary/aromatic N) is 4. The number of piperazine rings is 1. The molecule has 1 aromatic heterocycles. The third-order valence-electron chi connectivity index (χ3n) is 6.21. The minimum atomic E-state index is -4.00. The van der Waals surface area contributed by atoms with Crippen LogP contribution in [0.25, 0.3) is 0 Å². The quantitative estimate of drug-likeness (QED) is 0.536. The molecule has 0 atom stereocenters. The zero-order chi connectivity index (χ0) is 25.3. The Morgan fingerprint density at radius 2 is 1.66 bits per heavy atom. The zero-order valence-electron chi connectivity index (χ0n) is 19.9. The average Bonchev–Trinajstić information content (AvgIpc) is 3.24. The van der Waals surface area contributed by atoms with Crippen molar-refractivity contribution in [2.24, 2.45) is 12.8 Å². The van der Waals surface area contributed by atoms with Gasteiger partial charge in [0.05, 0.1) is 5.56 Å². The predicted molar refractivity (Wildman–Crippen MR) is 133 cm³/mol. The van der Waals surface area contributed by atoms with Crippen LogP contribution in [-0.4, -0.2) is 60.5 Å². The first-order chi connectivity index (χ1) is 16.6. The highest BCUT2D eigenvalue weighted by atomic mass is 32.2. The van der Waals surface area contributed by atoms with Crippen molar-refractivity contribution in [2.75, 3.05) is 36.4 Å². The number of anilines is 2. The molecule has 0 spiro atoms. The molecule has 11 heteroatoms. The normalized spacial score (nSPS) is 14.7. The van der Waals surface area contributed by atoms with E-state index in [0.29, 0.717) is 24.3 Å². The third kappa shape index (κ3) is 4.91. The van der Waals surface area contributed by atoms with Gasteiger partial charge in [0, 0.05) is 56.4 Å². The van der Waals surface area contributed by atoms with Crippen molar-refractivity contribution in [3.63, 3.8) is 0 Å². The van der Waals surface area contributed by atoms with Gasteiger partial charge in [-0.1, -0.05) is 12.1 Å². The summed E-state index contributed by atoms with van der Waals surface area (Å²) < 4.78 is 29.6. The first-order valence-corrected chi connectivity index (χ1v) is 12.6. The molecule has 10 nitrogen and oxygen atoms in total. The van der Waals surface area contributed by atoms with Crippen LogP contribution in [0.2, 0.25) is 0 Å². The van der Waals surface area contributed by atoms with Gasteiger partial charge in [-0.25, -0.2) is 8.42 Å². The summed E-state index contributed by atoms with van der Waals surface area (Å²) in [6.45, 7) is 5.74. The Hall–Kier alpha value is -3.70. The number of rotatable bonds is 6. The van der Waals surface area contributed by atoms with Gasteiger partial charge in [-0.05, 0) is 55.3 Å². The molecule has 1 aliphatic rings. The van der Waals surface area contributed by atoms with Gasteiger partial charge in [0.15, 0.2) is 0 Å². The SMILES string of the molecule is Cc1cccc(N2CCN(S(=O)(=O)c3nn(C)cc3C(=O)Nc3ccc(C(N)=O)cc3)CC2)c1C. The molecule has 1 saturated heterocycles. The largest absolute Gasteiger partial charge is 0.369 e. The van der Waals surface area contributed by atoms with E-state index in [9.17, 15) is 18.0 Å². The van der Waals surface area contributed by atoms with Crippen LogP contribution in [0.5, 0.6) is 0 Å². The van der Waals surface area contributed by atoms with E-state index in [1.165, 1.54) is 50.6 Å². The number of nitrogens with two attached hydrogens (primary N) is 1. The van der Waals surface area contributed by atoms with Crippen molar-refractivity contribution in [2.45, 2.75) is 18.9 Å². The van der Waals surface area contributed by atoms with E-state index >= 15 is 0 Å². The van der Waals surface area contributed by atoms with Gasteiger partial charge in [-0.15, -0.1) is 0 Å². The molecule has 0 radical (unpaired) electrons. The van der Waals surface area contributed by atoms with Gasteiger partial charge < -0.3 is 16.0 Å². The van der Waals surface area contributed by atoms with Gasteiger partial charge in [0.2, 0.25) is 10.9 Å². The number of benzene rings is 2. The summed E-state index contributed by atoms with van der Waals surface area (Å²) in [6, 6.07) is 12.1. The van der Waals surface area contributed by atoms with Crippen LogP contribution >= 0.6 is 0 Å². The molecular weight excluding hydrogens is 468 g/mol. The second kappa shape index (κ2) is 9.51. The molecule has 35 heavy (non-hydrogen) atoms. The summed E-state index contributed by atoms with van der Waals surface area (Å²) in [5, 5.41) is 6.48. The lowest BCUT2D eigenvalue weighted by atomic mass is 10.1. The Bertz CT molecular complexity index is 1370. The molecular formula is C24H28N6O4S. The number of hydrogen-bond donors (Lipinski definition) is 2. The van der Waals surface area contributed by atoms with Gasteiger partial charge in [-0.3, -0.25) is 14.3 Å². The van der Waals surface area contributed by atoms with E-state index in [4.69, 9.17) is 5.73 Å². The van der Waals surface area contributed by atoms with Crippen LogP contribution in [0, 0.1) is 13.8 Å². The number of carbonyl (C=O) groups is 2. The molecule has 3 N–H and O–H groups in total. The third-order valence-corrected chi connectivity index (χ3v) is 8.04. The summed E-state index contributed by atoms with van der Waals surface area (Å²) in [6.07, 6.45) is 1.38. The summed E-state index contributed by atoms with van der Waals surface area (Å²) in [5.41, 5.74) is 9.35. The second-order valence-electron chi connectivity index (χ2n) is 8.53. The average molecular weight is 497 g/mol. The fourth-order valence-corrected chi connectivity index (χ4v) is 5.64. The Morgan fingerprint density at radius 3 is 2.29 bits per heavy atom. The second-order valence-corrected chi connectivity index (χ2v) is 10.4. The summed E-state index contributed by atoms with van der Waals surface area (Å²) in [5.74, 6) is -1.20. The molecule has 2 aromatic carbocycles. The maximum atomic E-state index is 13.5. The van der Waals surface area contributed by atoms with E-state index in [1.807, 2.05) is 12.1 Å². The topological polar surface area (TPSA) is 131 Å². The van der Waals surface area contributed by atoms with E-state index in [-0.39, 0.29) is 23.7 Å². The van der Waals surface area contributed by atoms with Crippen molar-refractivity contribution >= 4 is 33.2 Å². The Morgan fingerprint density at radius 1 is 1.00 bits per heavy atom. The number of hydrogen-bond acceptors (Lipinski definition) is 6. The maximum absolute atomic E-state index is 13.5. The lowest BCUT2D eigenvalue weighted by molar-refractivity contribution is 0.0998. The minimum absolute atomic E-state index is 0.0524. The highest BCUT2D eigenvalue weighted by Gasteiger charge is 2.34. The number of carbonyl (C=O) groups excluding carboxylic acids is 2. The van der Waals surface area contributed by atoms with Crippen molar-refractivity contribution in [3.05, 3.63) is 70.9 Å². The van der Waals surface area contributed by atoms with Crippen molar-refractivity contribution in [1.29, 1.82) is 0 Å². The molecule has 0 unspecified atom stereocenters. The minimum Gasteiger partial charge on any atom is -0.369 e. The number of primary amides is 1. The molecule has 2 amide bonds. The highest BCUT2D eigenvalue weighted by molar-refractivity contribution is 7.89. The molecule has 184 valence electrons. The maximum Gasteiger partial charge on any atom is 0.263 e. The van der Waals surface area contributed by atoms with E-state index < -0.39 is 21.8 Å². The Kier molecular flexibility index (Phi) is 6.64. The van der Waals surface area contributed by atoms with E-state index in [2.05, 4.69) is 35.2 Å². The van der Waals surface area contributed by atoms with Gasteiger partial charge in [0.1, 0.15) is 0 Å². The van der Waals surface area contributed by atoms with E-state index in [0.717, 1.165) is 5.69 Å². The standard InChI is InChI=1S/C24H28N6O4S/c1-16-5-4-6-21(17(16)2)29-11-13-30(14-12-29)35(33,34)24-20(15-28(3)27-24)23(32)26-19-9-7-18(8-10-19)22(25)31/h4-10,15H,11-14H2,1-3H3,(H2,25,31)(H,26,32). The molecule has 0 saturated carbocycles. The summed E-state index contributed by atoms with van der Waals surface area (Å²) in [4.78, 5) is 26.4. The number of sulfonamides is 1. The molecule has 3 aromatic rings. The monoisotopic (exact) mass is 496 g/mol. The fraction of sp³-hybridized carbons (Fsp3) is 0.292. The molecule has 1 aliphatic heterocycles. The van der Waals surface area contributed by atoms with Crippen molar-refractivity contribution < 1.29 is 18.0 Å². The smallest absolute Gasteiger partial charge is 0.263 e. The number of aryl methyl sites for hydroxylation is 2. The van der Waals surface area contributed by atoms with Crippen LogP contribution in [0.1, 0.15) is 31.8 Å². The van der Waals surface area contributed by atoms with Gasteiger partial charge >= 0.3 is 0 Å². The number of nitrogens with one attached hydrogen (secondary N) is 1. The van der Waals surface area contributed by atoms with Crippen LogP contribution in [0.4, 0.5) is 11.4 Å². The number of aromatic nitrogens is 2. The molecule has 4 rings (SSSR count). The van der Waals surface area contributed by atoms with Crippen LogP contribution in [-0.2, 0) is 17.1 Å². The number of amides is 2. The van der Waals surface area contributed by atoms with Crippen molar-refractivity contribution in [1.82, 2.24) is 14.1 Å². The lowest BCUT2D eigenvalue weighted by Gasteiger charge is -2.36. The zero-order valence-corrected chi connectivity index (χ0v) is 20.7. The van der Waals surface area contributed by atoms with Crippen LogP contribution < -0.4 is 16.0 Å². The fourth-order valence-electron chi connectivity index (χ4n) is 4.10. The van der Waals surface area contributed by atoms with Crippen LogP contribution in [0.3, 0.4) is 0 Å². The first kappa shape index (κ1) is 24.4. The van der Waals surface area contributed by atoms with Crippen molar-refractivity contribution in [3.8, 4) is 0 Å². The lowest BCUT2D eigenvalue weighted by Crippen LogP contribution is -2.49. The Balaban J connectivity index is 1.51. The van der Waals surface area contributed by atoms with Gasteiger partial charge in [-0.2, -0.15) is 9.40 Å². The molecule has 2 heterocycles. The van der Waals surface area contributed by atoms with E-state index in [1.54, 1.807) is 7.05 Å². The highest BCUT2D eigenvalue weighted by Crippen LogP contribution is 2.26. The molecule has 0 aliphatic carbocycles. The molecule has 0 bridgehead atoms. The summed E-state index contributed by atoms with van der Waals surface area (Å²) in [7, 11) is -2.43.